The molecular formula is C17H17ClN2O3. The zero-order valence-corrected chi connectivity index (χ0v) is 13.5. The summed E-state index contributed by atoms with van der Waals surface area (Å²) in [7, 11) is 0. The highest BCUT2D eigenvalue weighted by Crippen LogP contribution is 2.22. The topological polar surface area (TPSA) is 70.9 Å². The molecule has 1 unspecified atom stereocenters. The molecule has 0 fully saturated rings. The standard InChI is InChI=1S/C17H17ClN2O3/c1-11-9-14(18)5-8-16(11)23-12(2)17(22)20-19-10-13-3-6-15(21)7-4-13/h3-10,12,21H,1-2H3,(H,20,22). The fraction of sp³-hybridized carbons (Fsp3) is 0.176. The quantitative estimate of drug-likeness (QED) is 0.652. The largest absolute Gasteiger partial charge is 0.508 e. The molecule has 0 saturated carbocycles. The van der Waals surface area contributed by atoms with Crippen LogP contribution in [0.1, 0.15) is 18.1 Å². The van der Waals surface area contributed by atoms with E-state index in [-0.39, 0.29) is 11.7 Å². The highest BCUT2D eigenvalue weighted by Gasteiger charge is 2.15. The van der Waals surface area contributed by atoms with Crippen LogP contribution in [-0.4, -0.2) is 23.3 Å². The van der Waals surface area contributed by atoms with E-state index in [0.29, 0.717) is 10.8 Å². The molecule has 2 aromatic rings. The highest BCUT2D eigenvalue weighted by molar-refractivity contribution is 6.30. The zero-order valence-electron chi connectivity index (χ0n) is 12.8. The Kier molecular flexibility index (Phi) is 5.60. The molecule has 0 spiro atoms. The van der Waals surface area contributed by atoms with E-state index in [2.05, 4.69) is 10.5 Å². The lowest BCUT2D eigenvalue weighted by atomic mass is 10.2. The van der Waals surface area contributed by atoms with Gasteiger partial charge in [0.25, 0.3) is 5.91 Å². The van der Waals surface area contributed by atoms with Crippen molar-refractivity contribution in [1.29, 1.82) is 0 Å². The van der Waals surface area contributed by atoms with Gasteiger partial charge < -0.3 is 9.84 Å². The zero-order chi connectivity index (χ0) is 16.8. The molecule has 6 heteroatoms. The summed E-state index contributed by atoms with van der Waals surface area (Å²) in [6.45, 7) is 3.49. The molecule has 2 N–H and O–H groups in total. The second-order valence-electron chi connectivity index (χ2n) is 5.00. The molecule has 0 aliphatic heterocycles. The van der Waals surface area contributed by atoms with E-state index in [1.807, 2.05) is 6.92 Å². The van der Waals surface area contributed by atoms with Crippen LogP contribution in [0.25, 0.3) is 0 Å². The average molecular weight is 333 g/mol. The van der Waals surface area contributed by atoms with Gasteiger partial charge in [0.2, 0.25) is 0 Å². The second-order valence-corrected chi connectivity index (χ2v) is 5.43. The Morgan fingerprint density at radius 2 is 2.00 bits per heavy atom. The molecule has 0 heterocycles. The normalized spacial score (nSPS) is 12.1. The first-order valence-corrected chi connectivity index (χ1v) is 7.38. The molecule has 2 aromatic carbocycles. The van der Waals surface area contributed by atoms with Crippen molar-refractivity contribution in [3.05, 3.63) is 58.6 Å². The molecule has 5 nitrogen and oxygen atoms in total. The monoisotopic (exact) mass is 332 g/mol. The molecule has 1 atom stereocenters. The Labute approximate surface area is 139 Å². The van der Waals surface area contributed by atoms with Crippen molar-refractivity contribution in [2.45, 2.75) is 20.0 Å². The van der Waals surface area contributed by atoms with Crippen molar-refractivity contribution >= 4 is 23.7 Å². The third kappa shape index (κ3) is 5.00. The van der Waals surface area contributed by atoms with Gasteiger partial charge in [-0.25, -0.2) is 5.43 Å². The summed E-state index contributed by atoms with van der Waals surface area (Å²) in [5.74, 6) is 0.403. The van der Waals surface area contributed by atoms with Gasteiger partial charge in [0, 0.05) is 5.02 Å². The third-order valence-electron chi connectivity index (χ3n) is 3.09. The molecular weight excluding hydrogens is 316 g/mol. The first-order chi connectivity index (χ1) is 11.0. The second kappa shape index (κ2) is 7.65. The SMILES string of the molecule is Cc1cc(Cl)ccc1OC(C)C(=O)NN=Cc1ccc(O)cc1. The highest BCUT2D eigenvalue weighted by atomic mass is 35.5. The molecule has 0 aromatic heterocycles. The van der Waals surface area contributed by atoms with Gasteiger partial charge in [-0.05, 0) is 67.4 Å². The van der Waals surface area contributed by atoms with Crippen LogP contribution in [0, 0.1) is 6.92 Å². The van der Waals surface area contributed by atoms with E-state index in [0.717, 1.165) is 11.1 Å². The van der Waals surface area contributed by atoms with Crippen molar-refractivity contribution in [3.8, 4) is 11.5 Å². The summed E-state index contributed by atoms with van der Waals surface area (Å²) in [4.78, 5) is 12.0. The lowest BCUT2D eigenvalue weighted by Crippen LogP contribution is -2.33. The number of phenolic OH excluding ortho intramolecular Hbond substituents is 1. The van der Waals surface area contributed by atoms with Crippen LogP contribution in [-0.2, 0) is 4.79 Å². The van der Waals surface area contributed by atoms with Crippen molar-refractivity contribution in [2.24, 2.45) is 5.10 Å². The fourth-order valence-corrected chi connectivity index (χ4v) is 2.04. The van der Waals surface area contributed by atoms with Crippen LogP contribution < -0.4 is 10.2 Å². The predicted octanol–water partition coefficient (Wildman–Crippen LogP) is 3.27. The Morgan fingerprint density at radius 3 is 2.65 bits per heavy atom. The van der Waals surface area contributed by atoms with E-state index < -0.39 is 6.10 Å². The average Bonchev–Trinajstić information content (AvgIpc) is 2.51. The van der Waals surface area contributed by atoms with Crippen molar-refractivity contribution < 1.29 is 14.6 Å². The Balaban J connectivity index is 1.90. The van der Waals surface area contributed by atoms with Crippen molar-refractivity contribution in [3.63, 3.8) is 0 Å². The minimum absolute atomic E-state index is 0.173. The lowest BCUT2D eigenvalue weighted by Gasteiger charge is -2.14. The first kappa shape index (κ1) is 16.8. The summed E-state index contributed by atoms with van der Waals surface area (Å²) in [5, 5.41) is 13.7. The van der Waals surface area contributed by atoms with Crippen LogP contribution in [0.4, 0.5) is 0 Å². The van der Waals surface area contributed by atoms with Crippen LogP contribution in [0.15, 0.2) is 47.6 Å². The number of hydrazone groups is 1. The predicted molar refractivity (Wildman–Crippen MR) is 90.1 cm³/mol. The number of halogens is 1. The smallest absolute Gasteiger partial charge is 0.280 e. The maximum absolute atomic E-state index is 12.0. The number of ether oxygens (including phenoxy) is 1. The molecule has 0 aliphatic rings. The molecule has 0 saturated heterocycles. The molecule has 1 amide bonds. The maximum Gasteiger partial charge on any atom is 0.280 e. The number of phenols is 1. The van der Waals surface area contributed by atoms with Crippen LogP contribution in [0.5, 0.6) is 11.5 Å². The van der Waals surface area contributed by atoms with Gasteiger partial charge in [-0.3, -0.25) is 4.79 Å². The van der Waals surface area contributed by atoms with Crippen LogP contribution >= 0.6 is 11.6 Å². The number of aromatic hydroxyl groups is 1. The van der Waals surface area contributed by atoms with Crippen molar-refractivity contribution in [2.75, 3.05) is 0 Å². The Bertz CT molecular complexity index is 714. The molecule has 2 rings (SSSR count). The molecule has 0 radical (unpaired) electrons. The van der Waals surface area contributed by atoms with Gasteiger partial charge in [-0.2, -0.15) is 5.10 Å². The fourth-order valence-electron chi connectivity index (χ4n) is 1.81. The summed E-state index contributed by atoms with van der Waals surface area (Å²) in [6.07, 6.45) is 0.782. The Morgan fingerprint density at radius 1 is 1.30 bits per heavy atom. The molecule has 0 bridgehead atoms. The van der Waals surface area contributed by atoms with Gasteiger partial charge >= 0.3 is 0 Å². The van der Waals surface area contributed by atoms with Gasteiger partial charge in [0.05, 0.1) is 6.21 Å². The number of benzene rings is 2. The summed E-state index contributed by atoms with van der Waals surface area (Å²) in [5.41, 5.74) is 4.02. The van der Waals surface area contributed by atoms with Crippen molar-refractivity contribution in [1.82, 2.24) is 5.43 Å². The summed E-state index contributed by atoms with van der Waals surface area (Å²) in [6, 6.07) is 11.6. The van der Waals surface area contributed by atoms with Gasteiger partial charge in [-0.15, -0.1) is 0 Å². The van der Waals surface area contributed by atoms with E-state index in [1.54, 1.807) is 37.3 Å². The number of carbonyl (C=O) groups is 1. The summed E-state index contributed by atoms with van der Waals surface area (Å²) >= 11 is 5.88. The van der Waals surface area contributed by atoms with E-state index in [1.165, 1.54) is 18.3 Å². The van der Waals surface area contributed by atoms with Gasteiger partial charge in [0.15, 0.2) is 6.10 Å². The number of hydrogen-bond acceptors (Lipinski definition) is 4. The number of carbonyl (C=O) groups excluding carboxylic acids is 1. The molecule has 0 aliphatic carbocycles. The molecule has 120 valence electrons. The van der Waals surface area contributed by atoms with Crippen LogP contribution in [0.2, 0.25) is 5.02 Å². The van der Waals surface area contributed by atoms with Crippen LogP contribution in [0.3, 0.4) is 0 Å². The number of nitrogens with zero attached hydrogens (tertiary/aromatic N) is 1. The van der Waals surface area contributed by atoms with E-state index >= 15 is 0 Å². The Hall–Kier alpha value is -2.53. The van der Waals surface area contributed by atoms with Gasteiger partial charge in [0.1, 0.15) is 11.5 Å². The first-order valence-electron chi connectivity index (χ1n) is 7.00. The number of rotatable bonds is 5. The number of nitrogens with one attached hydrogen (secondary N) is 1. The minimum atomic E-state index is -0.702. The van der Waals surface area contributed by atoms with Gasteiger partial charge in [-0.1, -0.05) is 11.6 Å². The maximum atomic E-state index is 12.0. The third-order valence-corrected chi connectivity index (χ3v) is 3.33. The minimum Gasteiger partial charge on any atom is -0.508 e. The molecule has 23 heavy (non-hydrogen) atoms. The number of aryl methyl sites for hydroxylation is 1. The number of hydrogen-bond donors (Lipinski definition) is 2. The van der Waals surface area contributed by atoms with E-state index in [9.17, 15) is 9.90 Å². The lowest BCUT2D eigenvalue weighted by molar-refractivity contribution is -0.127. The summed E-state index contributed by atoms with van der Waals surface area (Å²) < 4.78 is 5.60. The number of amides is 1. The van der Waals surface area contributed by atoms with E-state index in [4.69, 9.17) is 16.3 Å².